The van der Waals surface area contributed by atoms with Crippen LogP contribution in [0.25, 0.3) is 0 Å². The number of nitrogens with zero attached hydrogens (tertiary/aromatic N) is 1. The number of aryl methyl sites for hydroxylation is 1. The lowest BCUT2D eigenvalue weighted by molar-refractivity contribution is -0.140. The predicted molar refractivity (Wildman–Crippen MR) is 72.8 cm³/mol. The summed E-state index contributed by atoms with van der Waals surface area (Å²) in [6.45, 7) is 2.70. The van der Waals surface area contributed by atoms with Crippen molar-refractivity contribution in [3.8, 4) is 5.75 Å². The van der Waals surface area contributed by atoms with Gasteiger partial charge in [-0.15, -0.1) is 0 Å². The van der Waals surface area contributed by atoms with E-state index in [0.717, 1.165) is 37.1 Å². The van der Waals surface area contributed by atoms with Gasteiger partial charge >= 0.3 is 5.97 Å². The van der Waals surface area contributed by atoms with Crippen molar-refractivity contribution in [2.24, 2.45) is 0 Å². The van der Waals surface area contributed by atoms with Crippen molar-refractivity contribution in [3.63, 3.8) is 0 Å². The van der Waals surface area contributed by atoms with Crippen LogP contribution in [0.15, 0.2) is 18.2 Å². The zero-order valence-electron chi connectivity index (χ0n) is 11.3. The van der Waals surface area contributed by atoms with Gasteiger partial charge in [-0.3, -0.25) is 9.69 Å². The summed E-state index contributed by atoms with van der Waals surface area (Å²) >= 11 is 0. The maximum atomic E-state index is 10.7. The van der Waals surface area contributed by atoms with Crippen LogP contribution in [0.4, 0.5) is 0 Å². The average molecular weight is 277 g/mol. The third kappa shape index (κ3) is 2.39. The highest BCUT2D eigenvalue weighted by atomic mass is 16.5. The van der Waals surface area contributed by atoms with Crippen LogP contribution in [0.5, 0.6) is 5.75 Å². The van der Waals surface area contributed by atoms with Gasteiger partial charge in [0.1, 0.15) is 11.4 Å². The number of aliphatic carboxylic acids is 1. The van der Waals surface area contributed by atoms with E-state index in [9.17, 15) is 9.90 Å². The molecule has 1 atom stereocenters. The fourth-order valence-corrected chi connectivity index (χ4v) is 3.32. The standard InChI is InChI=1S/C15H19NO4/c17-12-1-2-13-11(9-12)3-5-15(13)10-16(7-8-20-15)6-4-14(18)19/h1-2,9,17H,3-8,10H2,(H,18,19). The molecule has 0 bridgehead atoms. The van der Waals surface area contributed by atoms with Crippen molar-refractivity contribution in [3.05, 3.63) is 29.3 Å². The monoisotopic (exact) mass is 277 g/mol. The largest absolute Gasteiger partial charge is 0.508 e. The van der Waals surface area contributed by atoms with E-state index in [1.54, 1.807) is 6.07 Å². The molecule has 20 heavy (non-hydrogen) atoms. The van der Waals surface area contributed by atoms with Gasteiger partial charge in [0.25, 0.3) is 0 Å². The normalized spacial score (nSPS) is 25.8. The summed E-state index contributed by atoms with van der Waals surface area (Å²) in [7, 11) is 0. The van der Waals surface area contributed by atoms with Gasteiger partial charge in [0.2, 0.25) is 0 Å². The summed E-state index contributed by atoms with van der Waals surface area (Å²) in [4.78, 5) is 12.9. The molecule has 1 heterocycles. The van der Waals surface area contributed by atoms with Crippen LogP contribution in [-0.2, 0) is 21.6 Å². The second-order valence-corrected chi connectivity index (χ2v) is 5.60. The average Bonchev–Trinajstić information content (AvgIpc) is 2.75. The topological polar surface area (TPSA) is 70.0 Å². The van der Waals surface area contributed by atoms with Crippen molar-refractivity contribution in [2.45, 2.75) is 24.9 Å². The number of ether oxygens (including phenoxy) is 1. The number of aromatic hydroxyl groups is 1. The molecule has 1 unspecified atom stereocenters. The van der Waals surface area contributed by atoms with Gasteiger partial charge in [-0.2, -0.15) is 0 Å². The van der Waals surface area contributed by atoms with Crippen molar-refractivity contribution in [1.29, 1.82) is 0 Å². The minimum Gasteiger partial charge on any atom is -0.508 e. The second-order valence-electron chi connectivity index (χ2n) is 5.60. The van der Waals surface area contributed by atoms with Gasteiger partial charge in [-0.25, -0.2) is 0 Å². The maximum Gasteiger partial charge on any atom is 0.304 e. The first-order chi connectivity index (χ1) is 9.59. The van der Waals surface area contributed by atoms with E-state index in [2.05, 4.69) is 4.90 Å². The molecule has 1 aromatic carbocycles. The van der Waals surface area contributed by atoms with E-state index in [1.165, 1.54) is 0 Å². The Morgan fingerprint density at radius 3 is 3.10 bits per heavy atom. The Labute approximate surface area is 117 Å². The second kappa shape index (κ2) is 5.07. The fourth-order valence-electron chi connectivity index (χ4n) is 3.32. The Morgan fingerprint density at radius 2 is 2.30 bits per heavy atom. The van der Waals surface area contributed by atoms with Crippen LogP contribution >= 0.6 is 0 Å². The molecule has 1 fully saturated rings. The van der Waals surface area contributed by atoms with E-state index in [1.807, 2.05) is 12.1 Å². The number of phenolic OH excluding ortho intramolecular Hbond substituents is 1. The highest BCUT2D eigenvalue weighted by molar-refractivity contribution is 5.66. The van der Waals surface area contributed by atoms with Crippen LogP contribution in [0, 0.1) is 0 Å². The number of morpholine rings is 1. The molecule has 1 aliphatic carbocycles. The molecule has 1 saturated heterocycles. The van der Waals surface area contributed by atoms with Crippen LogP contribution < -0.4 is 0 Å². The molecule has 0 radical (unpaired) electrons. The molecule has 5 heteroatoms. The van der Waals surface area contributed by atoms with E-state index in [-0.39, 0.29) is 12.0 Å². The van der Waals surface area contributed by atoms with Gasteiger partial charge in [-0.05, 0) is 36.1 Å². The van der Waals surface area contributed by atoms with Gasteiger partial charge < -0.3 is 14.9 Å². The Morgan fingerprint density at radius 1 is 1.45 bits per heavy atom. The number of benzene rings is 1. The zero-order chi connectivity index (χ0) is 14.2. The van der Waals surface area contributed by atoms with Crippen LogP contribution in [-0.4, -0.2) is 47.3 Å². The first-order valence-corrected chi connectivity index (χ1v) is 7.00. The molecule has 2 N–H and O–H groups in total. The van der Waals surface area contributed by atoms with Gasteiger partial charge in [-0.1, -0.05) is 6.07 Å². The van der Waals surface area contributed by atoms with E-state index in [4.69, 9.17) is 9.84 Å². The minimum atomic E-state index is -0.762. The Hall–Kier alpha value is -1.59. The number of fused-ring (bicyclic) bond motifs is 2. The molecule has 0 saturated carbocycles. The number of rotatable bonds is 3. The van der Waals surface area contributed by atoms with Crippen LogP contribution in [0.1, 0.15) is 24.0 Å². The summed E-state index contributed by atoms with van der Waals surface area (Å²) in [5.41, 5.74) is 1.97. The zero-order valence-corrected chi connectivity index (χ0v) is 11.3. The predicted octanol–water partition coefficient (Wildman–Crippen LogP) is 1.34. The SMILES string of the molecule is O=C(O)CCN1CCOC2(CCc3cc(O)ccc32)C1. The number of carbonyl (C=O) groups is 1. The minimum absolute atomic E-state index is 0.165. The molecule has 0 aromatic heterocycles. The highest BCUT2D eigenvalue weighted by Crippen LogP contribution is 2.43. The molecule has 1 aromatic rings. The van der Waals surface area contributed by atoms with Crippen LogP contribution in [0.2, 0.25) is 0 Å². The Balaban J connectivity index is 1.78. The number of carboxylic acids is 1. The number of carboxylic acid groups (broad SMARTS) is 1. The molecule has 0 amide bonds. The number of hydrogen-bond donors (Lipinski definition) is 2. The van der Waals surface area contributed by atoms with E-state index >= 15 is 0 Å². The molecular weight excluding hydrogens is 258 g/mol. The maximum absolute atomic E-state index is 10.7. The number of phenols is 1. The van der Waals surface area contributed by atoms with Crippen molar-refractivity contribution in [1.82, 2.24) is 4.90 Å². The molecule has 2 aliphatic rings. The van der Waals surface area contributed by atoms with Gasteiger partial charge in [0.05, 0.1) is 13.0 Å². The van der Waals surface area contributed by atoms with E-state index < -0.39 is 5.97 Å². The lowest BCUT2D eigenvalue weighted by atomic mass is 9.93. The first kappa shape index (κ1) is 13.4. The summed E-state index contributed by atoms with van der Waals surface area (Å²) in [6.07, 6.45) is 1.96. The Bertz CT molecular complexity index is 531. The lowest BCUT2D eigenvalue weighted by Gasteiger charge is -2.41. The number of hydrogen-bond acceptors (Lipinski definition) is 4. The summed E-state index contributed by atoms with van der Waals surface area (Å²) in [6, 6.07) is 5.45. The van der Waals surface area contributed by atoms with Gasteiger partial charge in [0, 0.05) is 19.6 Å². The summed E-state index contributed by atoms with van der Waals surface area (Å²) in [5.74, 6) is -0.471. The third-order valence-corrected chi connectivity index (χ3v) is 4.28. The fraction of sp³-hybridized carbons (Fsp3) is 0.533. The first-order valence-electron chi connectivity index (χ1n) is 7.00. The highest BCUT2D eigenvalue weighted by Gasteiger charge is 2.43. The van der Waals surface area contributed by atoms with Crippen LogP contribution in [0.3, 0.4) is 0 Å². The van der Waals surface area contributed by atoms with E-state index in [0.29, 0.717) is 18.9 Å². The lowest BCUT2D eigenvalue weighted by Crippen LogP contribution is -2.49. The smallest absolute Gasteiger partial charge is 0.304 e. The van der Waals surface area contributed by atoms with Gasteiger partial charge in [0.15, 0.2) is 0 Å². The molecule has 5 nitrogen and oxygen atoms in total. The molecule has 1 spiro atoms. The summed E-state index contributed by atoms with van der Waals surface area (Å²) < 4.78 is 6.06. The third-order valence-electron chi connectivity index (χ3n) is 4.28. The molecule has 3 rings (SSSR count). The van der Waals surface area contributed by atoms with Crippen molar-refractivity contribution >= 4 is 5.97 Å². The Kier molecular flexibility index (Phi) is 3.40. The van der Waals surface area contributed by atoms with Crippen molar-refractivity contribution in [2.75, 3.05) is 26.2 Å². The summed E-state index contributed by atoms with van der Waals surface area (Å²) in [5, 5.41) is 18.4. The quantitative estimate of drug-likeness (QED) is 0.872. The molecule has 1 aliphatic heterocycles. The molecular formula is C15H19NO4. The van der Waals surface area contributed by atoms with Crippen molar-refractivity contribution < 1.29 is 19.7 Å². The molecule has 108 valence electrons.